The van der Waals surface area contributed by atoms with Crippen molar-refractivity contribution in [2.24, 2.45) is 0 Å². The number of carbonyl (C=O) groups is 1. The summed E-state index contributed by atoms with van der Waals surface area (Å²) in [5, 5.41) is 0. The Morgan fingerprint density at radius 1 is 1.03 bits per heavy atom. The van der Waals surface area contributed by atoms with Gasteiger partial charge in [-0.05, 0) is 43.0 Å². The minimum absolute atomic E-state index is 0.117. The third kappa shape index (κ3) is 5.66. The van der Waals surface area contributed by atoms with Crippen LogP contribution in [0.3, 0.4) is 0 Å². The topological polar surface area (TPSA) is 60.9 Å². The van der Waals surface area contributed by atoms with Gasteiger partial charge in [0, 0.05) is 32.7 Å². The lowest BCUT2D eigenvalue weighted by Crippen LogP contribution is -2.55. The lowest BCUT2D eigenvalue weighted by molar-refractivity contribution is -0.134. The molecule has 0 aliphatic carbocycles. The molecular weight excluding hydrogens is 410 g/mol. The minimum Gasteiger partial charge on any atom is -0.338 e. The molecule has 7 heteroatoms. The molecule has 0 aromatic heterocycles. The molecule has 6 nitrogen and oxygen atoms in total. The van der Waals surface area contributed by atoms with E-state index in [0.29, 0.717) is 25.2 Å². The fraction of sp³-hybridized carbons (Fsp3) is 0.458. The second-order valence-electron chi connectivity index (χ2n) is 8.36. The molecule has 0 N–H and O–H groups in total. The first kappa shape index (κ1) is 23.3. The first-order valence-corrected chi connectivity index (χ1v) is 12.7. The van der Waals surface area contributed by atoms with Gasteiger partial charge in [0.1, 0.15) is 6.04 Å². The molecule has 1 aliphatic rings. The van der Waals surface area contributed by atoms with Crippen molar-refractivity contribution in [2.45, 2.75) is 39.8 Å². The molecule has 0 spiro atoms. The Kier molecular flexibility index (Phi) is 7.38. The highest BCUT2D eigenvalue weighted by Gasteiger charge is 2.36. The molecule has 168 valence electrons. The van der Waals surface area contributed by atoms with Crippen LogP contribution in [0, 0.1) is 13.8 Å². The van der Waals surface area contributed by atoms with Crippen LogP contribution in [0.1, 0.15) is 30.0 Å². The van der Waals surface area contributed by atoms with Gasteiger partial charge in [-0.25, -0.2) is 8.42 Å². The van der Waals surface area contributed by atoms with Gasteiger partial charge in [0.25, 0.3) is 0 Å². The SMILES string of the molecule is CC[C@@H](C(=O)N1CCN(Cc2ccccc2)CC1)N(c1cc(C)ccc1C)S(C)(=O)=O. The average Bonchev–Trinajstić information content (AvgIpc) is 2.74. The predicted molar refractivity (Wildman–Crippen MR) is 126 cm³/mol. The maximum Gasteiger partial charge on any atom is 0.246 e. The van der Waals surface area contributed by atoms with Crippen LogP contribution in [0.4, 0.5) is 5.69 Å². The van der Waals surface area contributed by atoms with Gasteiger partial charge < -0.3 is 4.90 Å². The monoisotopic (exact) mass is 443 g/mol. The van der Waals surface area contributed by atoms with Crippen LogP contribution < -0.4 is 4.31 Å². The van der Waals surface area contributed by atoms with Gasteiger partial charge in [-0.15, -0.1) is 0 Å². The molecule has 0 saturated carbocycles. The van der Waals surface area contributed by atoms with E-state index in [4.69, 9.17) is 0 Å². The van der Waals surface area contributed by atoms with E-state index < -0.39 is 16.1 Å². The average molecular weight is 444 g/mol. The van der Waals surface area contributed by atoms with Gasteiger partial charge in [-0.2, -0.15) is 0 Å². The van der Waals surface area contributed by atoms with Gasteiger partial charge in [-0.3, -0.25) is 14.0 Å². The highest BCUT2D eigenvalue weighted by molar-refractivity contribution is 7.92. The molecule has 1 aliphatic heterocycles. The second kappa shape index (κ2) is 9.83. The molecule has 31 heavy (non-hydrogen) atoms. The first-order chi connectivity index (χ1) is 14.7. The Morgan fingerprint density at radius 3 is 2.26 bits per heavy atom. The molecule has 3 rings (SSSR count). The van der Waals surface area contributed by atoms with E-state index in [-0.39, 0.29) is 5.91 Å². The largest absolute Gasteiger partial charge is 0.338 e. The van der Waals surface area contributed by atoms with E-state index in [9.17, 15) is 13.2 Å². The molecule has 2 aromatic rings. The first-order valence-electron chi connectivity index (χ1n) is 10.8. The summed E-state index contributed by atoms with van der Waals surface area (Å²) in [6.45, 7) is 9.30. The number of hydrogen-bond donors (Lipinski definition) is 0. The number of rotatable bonds is 7. The summed E-state index contributed by atoms with van der Waals surface area (Å²) in [4.78, 5) is 17.6. The fourth-order valence-corrected chi connectivity index (χ4v) is 5.41. The van der Waals surface area contributed by atoms with E-state index >= 15 is 0 Å². The number of aryl methyl sites for hydroxylation is 2. The molecule has 0 bridgehead atoms. The highest BCUT2D eigenvalue weighted by Crippen LogP contribution is 2.28. The number of amides is 1. The number of piperazine rings is 1. The van der Waals surface area contributed by atoms with Crippen LogP contribution in [0.25, 0.3) is 0 Å². The number of anilines is 1. The third-order valence-electron chi connectivity index (χ3n) is 5.85. The van der Waals surface area contributed by atoms with Crippen molar-refractivity contribution in [3.05, 3.63) is 65.2 Å². The normalized spacial score (nSPS) is 16.2. The number of sulfonamides is 1. The zero-order valence-electron chi connectivity index (χ0n) is 18.9. The smallest absolute Gasteiger partial charge is 0.246 e. The van der Waals surface area contributed by atoms with E-state index in [1.54, 1.807) is 0 Å². The van der Waals surface area contributed by atoms with E-state index in [1.165, 1.54) is 16.1 Å². The molecular formula is C24H33N3O3S. The van der Waals surface area contributed by atoms with E-state index in [2.05, 4.69) is 17.0 Å². The molecule has 0 unspecified atom stereocenters. The molecule has 0 radical (unpaired) electrons. The number of nitrogens with zero attached hydrogens (tertiary/aromatic N) is 3. The van der Waals surface area contributed by atoms with Gasteiger partial charge in [0.05, 0.1) is 11.9 Å². The van der Waals surface area contributed by atoms with Crippen molar-refractivity contribution < 1.29 is 13.2 Å². The van der Waals surface area contributed by atoms with Gasteiger partial charge in [0.15, 0.2) is 0 Å². The molecule has 1 atom stereocenters. The quantitative estimate of drug-likeness (QED) is 0.659. The lowest BCUT2D eigenvalue weighted by Gasteiger charge is -2.39. The minimum atomic E-state index is -3.63. The van der Waals surface area contributed by atoms with Crippen molar-refractivity contribution in [1.29, 1.82) is 0 Å². The van der Waals surface area contributed by atoms with Crippen molar-refractivity contribution in [3.63, 3.8) is 0 Å². The van der Waals surface area contributed by atoms with Crippen molar-refractivity contribution in [1.82, 2.24) is 9.80 Å². The van der Waals surface area contributed by atoms with Crippen LogP contribution in [-0.4, -0.2) is 62.6 Å². The Balaban J connectivity index is 1.76. The summed E-state index contributed by atoms with van der Waals surface area (Å²) < 4.78 is 26.9. The maximum atomic E-state index is 13.5. The molecule has 1 saturated heterocycles. The van der Waals surface area contributed by atoms with E-state index in [0.717, 1.165) is 30.8 Å². The Hall–Kier alpha value is -2.38. The van der Waals surface area contributed by atoms with Crippen LogP contribution >= 0.6 is 0 Å². The summed E-state index contributed by atoms with van der Waals surface area (Å²) in [6.07, 6.45) is 1.60. The maximum absolute atomic E-state index is 13.5. The second-order valence-corrected chi connectivity index (χ2v) is 10.2. The molecule has 2 aromatic carbocycles. The standard InChI is InChI=1S/C24H33N3O3S/c1-5-22(27(31(4,29)30)23-17-19(2)11-12-20(23)3)24(28)26-15-13-25(14-16-26)18-21-9-7-6-8-10-21/h6-12,17,22H,5,13-16,18H2,1-4H3/t22-/m0/s1. The zero-order valence-corrected chi connectivity index (χ0v) is 19.7. The van der Waals surface area contributed by atoms with Crippen LogP contribution in [-0.2, 0) is 21.4 Å². The van der Waals surface area contributed by atoms with Crippen LogP contribution in [0.5, 0.6) is 0 Å². The fourth-order valence-electron chi connectivity index (χ4n) is 4.15. The van der Waals surface area contributed by atoms with Gasteiger partial charge >= 0.3 is 0 Å². The van der Waals surface area contributed by atoms with Crippen molar-refractivity contribution in [2.75, 3.05) is 36.7 Å². The van der Waals surface area contributed by atoms with Gasteiger partial charge in [0.2, 0.25) is 15.9 Å². The van der Waals surface area contributed by atoms with Gasteiger partial charge in [-0.1, -0.05) is 49.4 Å². The van der Waals surface area contributed by atoms with E-state index in [1.807, 2.05) is 62.1 Å². The van der Waals surface area contributed by atoms with Crippen molar-refractivity contribution >= 4 is 21.6 Å². The molecule has 1 amide bonds. The summed E-state index contributed by atoms with van der Waals surface area (Å²) in [5.41, 5.74) is 3.65. The Labute approximate surface area is 186 Å². The zero-order chi connectivity index (χ0) is 22.6. The number of benzene rings is 2. The third-order valence-corrected chi connectivity index (χ3v) is 7.01. The summed E-state index contributed by atoms with van der Waals surface area (Å²) in [7, 11) is -3.63. The summed E-state index contributed by atoms with van der Waals surface area (Å²) >= 11 is 0. The molecule has 1 fully saturated rings. The lowest BCUT2D eigenvalue weighted by atomic mass is 10.1. The molecule has 1 heterocycles. The summed E-state index contributed by atoms with van der Waals surface area (Å²) in [5.74, 6) is -0.117. The summed E-state index contributed by atoms with van der Waals surface area (Å²) in [6, 6.07) is 15.3. The number of hydrogen-bond acceptors (Lipinski definition) is 4. The van der Waals surface area contributed by atoms with Crippen LogP contribution in [0.15, 0.2) is 48.5 Å². The Morgan fingerprint density at radius 2 is 1.68 bits per heavy atom. The Bertz CT molecular complexity index is 1000. The number of carbonyl (C=O) groups excluding carboxylic acids is 1. The predicted octanol–water partition coefficient (Wildman–Crippen LogP) is 3.19. The van der Waals surface area contributed by atoms with Crippen LogP contribution in [0.2, 0.25) is 0 Å². The van der Waals surface area contributed by atoms with Crippen molar-refractivity contribution in [3.8, 4) is 0 Å². The highest BCUT2D eigenvalue weighted by atomic mass is 32.2.